The molecule has 0 aliphatic rings. The first-order valence-electron chi connectivity index (χ1n) is 5.55. The van der Waals surface area contributed by atoms with E-state index in [0.29, 0.717) is 5.56 Å². The molecule has 1 N–H and O–H groups in total. The van der Waals surface area contributed by atoms with E-state index in [1.54, 1.807) is 48.7 Å². The largest absolute Gasteiger partial charge is 0.465 e. The molecule has 1 aromatic heterocycles. The van der Waals surface area contributed by atoms with E-state index in [1.807, 2.05) is 6.07 Å². The summed E-state index contributed by atoms with van der Waals surface area (Å²) in [6.07, 6.45) is 6.50. The van der Waals surface area contributed by atoms with Gasteiger partial charge in [-0.05, 0) is 48.6 Å². The maximum absolute atomic E-state index is 11.7. The normalized spacial score (nSPS) is 11.2. The first kappa shape index (κ1) is 13.3. The van der Waals surface area contributed by atoms with Crippen LogP contribution in [0.25, 0.3) is 6.08 Å². The number of carbonyl (C=O) groups is 1. The number of nitrogens with one attached hydrogen (secondary N) is 1. The number of nitrogens with zero attached hydrogens (tertiary/aromatic N) is 1. The zero-order valence-electron chi connectivity index (χ0n) is 9.92. The molecule has 0 fully saturated rings. The van der Waals surface area contributed by atoms with Crippen molar-refractivity contribution in [1.29, 1.82) is 0 Å². The Kier molecular flexibility index (Phi) is 4.69. The Hall–Kier alpha value is -2.14. The topological polar surface area (TPSA) is 54.6 Å². The molecular formula is C14H11BrN2O2. The number of furan rings is 1. The van der Waals surface area contributed by atoms with Crippen LogP contribution in [0.1, 0.15) is 16.1 Å². The Balaban J connectivity index is 1.85. The maximum Gasteiger partial charge on any atom is 0.271 e. The summed E-state index contributed by atoms with van der Waals surface area (Å²) in [6, 6.07) is 10.7. The minimum absolute atomic E-state index is 0.254. The summed E-state index contributed by atoms with van der Waals surface area (Å²) in [6.45, 7) is 0. The lowest BCUT2D eigenvalue weighted by atomic mass is 10.2. The van der Waals surface area contributed by atoms with Crippen molar-refractivity contribution in [3.63, 3.8) is 0 Å². The van der Waals surface area contributed by atoms with E-state index in [0.717, 1.165) is 10.2 Å². The molecule has 4 nitrogen and oxygen atoms in total. The smallest absolute Gasteiger partial charge is 0.271 e. The van der Waals surface area contributed by atoms with E-state index in [-0.39, 0.29) is 5.91 Å². The van der Waals surface area contributed by atoms with Crippen LogP contribution in [0, 0.1) is 0 Å². The van der Waals surface area contributed by atoms with Crippen molar-refractivity contribution in [2.24, 2.45) is 5.10 Å². The third kappa shape index (κ3) is 4.22. The third-order valence-electron chi connectivity index (χ3n) is 2.24. The highest BCUT2D eigenvalue weighted by Crippen LogP contribution is 2.10. The van der Waals surface area contributed by atoms with Crippen LogP contribution in [0.4, 0.5) is 0 Å². The number of halogens is 1. The molecule has 0 spiro atoms. The molecule has 96 valence electrons. The van der Waals surface area contributed by atoms with Gasteiger partial charge in [0.05, 0.1) is 6.26 Å². The molecular weight excluding hydrogens is 308 g/mol. The quantitative estimate of drug-likeness (QED) is 0.693. The summed E-state index contributed by atoms with van der Waals surface area (Å²) >= 11 is 3.31. The van der Waals surface area contributed by atoms with Crippen LogP contribution >= 0.6 is 15.9 Å². The van der Waals surface area contributed by atoms with Crippen molar-refractivity contribution < 1.29 is 9.21 Å². The molecule has 0 aliphatic carbocycles. The van der Waals surface area contributed by atoms with Crippen molar-refractivity contribution in [3.8, 4) is 0 Å². The van der Waals surface area contributed by atoms with Gasteiger partial charge in [-0.1, -0.05) is 15.9 Å². The van der Waals surface area contributed by atoms with Gasteiger partial charge in [0.25, 0.3) is 5.91 Å². The summed E-state index contributed by atoms with van der Waals surface area (Å²) in [5.74, 6) is 0.473. The number of benzene rings is 1. The Morgan fingerprint density at radius 2 is 2.05 bits per heavy atom. The maximum atomic E-state index is 11.7. The minimum atomic E-state index is -0.254. The summed E-state index contributed by atoms with van der Waals surface area (Å²) in [7, 11) is 0. The van der Waals surface area contributed by atoms with Gasteiger partial charge in [-0.15, -0.1) is 0 Å². The second-order valence-corrected chi connectivity index (χ2v) is 4.52. The molecule has 19 heavy (non-hydrogen) atoms. The lowest BCUT2D eigenvalue weighted by Crippen LogP contribution is -2.17. The van der Waals surface area contributed by atoms with E-state index >= 15 is 0 Å². The summed E-state index contributed by atoms with van der Waals surface area (Å²) < 4.78 is 6.03. The number of rotatable bonds is 4. The van der Waals surface area contributed by atoms with Gasteiger partial charge in [-0.3, -0.25) is 4.79 Å². The first-order valence-corrected chi connectivity index (χ1v) is 6.34. The lowest BCUT2D eigenvalue weighted by molar-refractivity contribution is 0.0955. The zero-order valence-corrected chi connectivity index (χ0v) is 11.5. The molecule has 0 saturated heterocycles. The number of hydrogen-bond acceptors (Lipinski definition) is 3. The zero-order chi connectivity index (χ0) is 13.5. The fourth-order valence-electron chi connectivity index (χ4n) is 1.33. The number of carbonyl (C=O) groups excluding carboxylic acids is 1. The van der Waals surface area contributed by atoms with Gasteiger partial charge in [-0.25, -0.2) is 5.43 Å². The molecule has 0 aliphatic heterocycles. The van der Waals surface area contributed by atoms with Crippen LogP contribution in [0.15, 0.2) is 62.7 Å². The van der Waals surface area contributed by atoms with E-state index in [9.17, 15) is 4.79 Å². The van der Waals surface area contributed by atoms with Crippen molar-refractivity contribution in [3.05, 3.63) is 64.5 Å². The Labute approximate surface area is 118 Å². The highest BCUT2D eigenvalue weighted by molar-refractivity contribution is 9.10. The van der Waals surface area contributed by atoms with Gasteiger partial charge in [0.15, 0.2) is 0 Å². The predicted octanol–water partition coefficient (Wildman–Crippen LogP) is 3.47. The SMILES string of the molecule is O=C(N/N=C\C=C\c1ccco1)c1ccc(Br)cc1. The molecule has 0 saturated carbocycles. The second kappa shape index (κ2) is 6.70. The van der Waals surface area contributed by atoms with Gasteiger partial charge < -0.3 is 4.42 Å². The highest BCUT2D eigenvalue weighted by Gasteiger charge is 2.02. The van der Waals surface area contributed by atoms with Gasteiger partial charge in [0.2, 0.25) is 0 Å². The van der Waals surface area contributed by atoms with Crippen LogP contribution in [-0.2, 0) is 0 Å². The standard InChI is InChI=1S/C14H11BrN2O2/c15-12-7-5-11(6-8-12)14(18)17-16-9-1-3-13-4-2-10-19-13/h1-10H,(H,17,18)/b3-1+,16-9-. The van der Waals surface area contributed by atoms with E-state index in [2.05, 4.69) is 26.5 Å². The minimum Gasteiger partial charge on any atom is -0.465 e. The molecule has 0 radical (unpaired) electrons. The van der Waals surface area contributed by atoms with Gasteiger partial charge in [0.1, 0.15) is 5.76 Å². The number of hydrazone groups is 1. The molecule has 0 bridgehead atoms. The second-order valence-electron chi connectivity index (χ2n) is 3.60. The Bertz CT molecular complexity index is 586. The molecule has 1 heterocycles. The number of amides is 1. The fraction of sp³-hybridized carbons (Fsp3) is 0. The molecule has 2 aromatic rings. The summed E-state index contributed by atoms with van der Waals surface area (Å²) in [5.41, 5.74) is 2.98. The first-order chi connectivity index (χ1) is 9.25. The molecule has 0 unspecified atom stereocenters. The van der Waals surface area contributed by atoms with E-state index in [1.165, 1.54) is 6.21 Å². The summed E-state index contributed by atoms with van der Waals surface area (Å²) in [4.78, 5) is 11.7. The van der Waals surface area contributed by atoms with Crippen molar-refractivity contribution in [1.82, 2.24) is 5.43 Å². The molecule has 1 aromatic carbocycles. The van der Waals surface area contributed by atoms with E-state index in [4.69, 9.17) is 4.42 Å². The lowest BCUT2D eigenvalue weighted by Gasteiger charge is -1.98. The predicted molar refractivity (Wildman–Crippen MR) is 77.8 cm³/mol. The monoisotopic (exact) mass is 318 g/mol. The van der Waals surface area contributed by atoms with Crippen LogP contribution in [0.2, 0.25) is 0 Å². The van der Waals surface area contributed by atoms with Gasteiger partial charge in [-0.2, -0.15) is 5.10 Å². The van der Waals surface area contributed by atoms with E-state index < -0.39 is 0 Å². The number of allylic oxidation sites excluding steroid dienone is 1. The average molecular weight is 319 g/mol. The summed E-state index contributed by atoms with van der Waals surface area (Å²) in [5, 5.41) is 3.80. The Morgan fingerprint density at radius 1 is 1.26 bits per heavy atom. The fourth-order valence-corrected chi connectivity index (χ4v) is 1.59. The molecule has 5 heteroatoms. The Morgan fingerprint density at radius 3 is 2.74 bits per heavy atom. The third-order valence-corrected chi connectivity index (χ3v) is 2.77. The van der Waals surface area contributed by atoms with Crippen molar-refractivity contribution >= 4 is 34.1 Å². The molecule has 2 rings (SSSR count). The van der Waals surface area contributed by atoms with Crippen molar-refractivity contribution in [2.75, 3.05) is 0 Å². The van der Waals surface area contributed by atoms with Gasteiger partial charge >= 0.3 is 0 Å². The van der Waals surface area contributed by atoms with Crippen molar-refractivity contribution in [2.45, 2.75) is 0 Å². The van der Waals surface area contributed by atoms with Crippen LogP contribution < -0.4 is 5.43 Å². The average Bonchev–Trinajstić information content (AvgIpc) is 2.92. The highest BCUT2D eigenvalue weighted by atomic mass is 79.9. The van der Waals surface area contributed by atoms with Crippen LogP contribution in [-0.4, -0.2) is 12.1 Å². The molecule has 1 amide bonds. The number of hydrogen-bond donors (Lipinski definition) is 1. The molecule has 0 atom stereocenters. The van der Waals surface area contributed by atoms with Gasteiger partial charge in [0, 0.05) is 16.3 Å². The van der Waals surface area contributed by atoms with Crippen LogP contribution in [0.5, 0.6) is 0 Å². The van der Waals surface area contributed by atoms with Crippen LogP contribution in [0.3, 0.4) is 0 Å².